The van der Waals surface area contributed by atoms with E-state index in [0.717, 1.165) is 16.0 Å². The molecule has 4 rings (SSSR count). The monoisotopic (exact) mass is 460 g/mol. The molecule has 6 nitrogen and oxygen atoms in total. The van der Waals surface area contributed by atoms with Gasteiger partial charge in [0.25, 0.3) is 11.8 Å². The second-order valence-electron chi connectivity index (χ2n) is 7.65. The van der Waals surface area contributed by atoms with Gasteiger partial charge in [0.05, 0.1) is 5.69 Å². The summed E-state index contributed by atoms with van der Waals surface area (Å²) in [5, 5.41) is 2.64. The van der Waals surface area contributed by atoms with Gasteiger partial charge in [0.1, 0.15) is 17.9 Å². The Bertz CT molecular complexity index is 1280. The molecule has 166 valence electrons. The Balaban J connectivity index is 1.66. The van der Waals surface area contributed by atoms with Gasteiger partial charge in [-0.3, -0.25) is 14.9 Å². The Hall–Kier alpha value is -3.90. The molecule has 7 heteroatoms. The van der Waals surface area contributed by atoms with Crippen molar-refractivity contribution in [3.63, 3.8) is 0 Å². The van der Waals surface area contributed by atoms with Crippen LogP contribution in [-0.4, -0.2) is 17.8 Å². The number of barbiturate groups is 1. The van der Waals surface area contributed by atoms with Crippen LogP contribution in [0.3, 0.4) is 0 Å². The van der Waals surface area contributed by atoms with Gasteiger partial charge >= 0.3 is 6.03 Å². The fourth-order valence-electron chi connectivity index (χ4n) is 3.45. The van der Waals surface area contributed by atoms with Crippen LogP contribution in [0.1, 0.15) is 22.3 Å². The third-order valence-electron chi connectivity index (χ3n) is 5.32. The van der Waals surface area contributed by atoms with Crippen LogP contribution in [0.5, 0.6) is 5.75 Å². The summed E-state index contributed by atoms with van der Waals surface area (Å²) in [6.45, 7) is 4.04. The van der Waals surface area contributed by atoms with Gasteiger partial charge < -0.3 is 4.74 Å². The highest BCUT2D eigenvalue weighted by Crippen LogP contribution is 2.30. The third kappa shape index (κ3) is 4.66. The number of ether oxygens (including phenoxy) is 1. The van der Waals surface area contributed by atoms with Gasteiger partial charge in [-0.1, -0.05) is 65.7 Å². The second-order valence-corrected chi connectivity index (χ2v) is 8.06. The molecule has 1 aliphatic rings. The van der Waals surface area contributed by atoms with Crippen molar-refractivity contribution in [3.8, 4) is 5.75 Å². The minimum absolute atomic E-state index is 0.180. The van der Waals surface area contributed by atoms with Crippen molar-refractivity contribution in [2.45, 2.75) is 20.5 Å². The van der Waals surface area contributed by atoms with E-state index in [-0.39, 0.29) is 5.57 Å². The predicted molar refractivity (Wildman–Crippen MR) is 127 cm³/mol. The molecule has 33 heavy (non-hydrogen) atoms. The first-order valence-electron chi connectivity index (χ1n) is 10.3. The van der Waals surface area contributed by atoms with Crippen molar-refractivity contribution in [2.24, 2.45) is 0 Å². The van der Waals surface area contributed by atoms with Crippen LogP contribution in [0.15, 0.2) is 72.3 Å². The molecule has 1 N–H and O–H groups in total. The number of aryl methyl sites for hydroxylation is 1. The minimum atomic E-state index is -0.823. The highest BCUT2D eigenvalue weighted by atomic mass is 35.5. The fraction of sp³-hybridized carbons (Fsp3) is 0.115. The van der Waals surface area contributed by atoms with Crippen molar-refractivity contribution in [2.75, 3.05) is 4.90 Å². The number of urea groups is 1. The van der Waals surface area contributed by atoms with Crippen LogP contribution >= 0.6 is 11.6 Å². The summed E-state index contributed by atoms with van der Waals surface area (Å²) in [4.78, 5) is 39.2. The van der Waals surface area contributed by atoms with E-state index in [1.54, 1.807) is 49.4 Å². The maximum absolute atomic E-state index is 13.2. The average molecular weight is 461 g/mol. The van der Waals surface area contributed by atoms with Gasteiger partial charge in [0.15, 0.2) is 0 Å². The number of carbonyl (C=O) groups is 3. The van der Waals surface area contributed by atoms with E-state index >= 15 is 0 Å². The molecular formula is C26H21ClN2O4. The molecule has 0 saturated carbocycles. The number of benzene rings is 3. The zero-order valence-electron chi connectivity index (χ0n) is 18.1. The highest BCUT2D eigenvalue weighted by Gasteiger charge is 2.37. The van der Waals surface area contributed by atoms with E-state index in [9.17, 15) is 14.4 Å². The van der Waals surface area contributed by atoms with E-state index in [1.165, 1.54) is 6.08 Å². The summed E-state index contributed by atoms with van der Waals surface area (Å²) >= 11 is 6.17. The summed E-state index contributed by atoms with van der Waals surface area (Å²) in [7, 11) is 0. The largest absolute Gasteiger partial charge is 0.488 e. The van der Waals surface area contributed by atoms with Crippen LogP contribution in [-0.2, 0) is 16.2 Å². The van der Waals surface area contributed by atoms with Crippen molar-refractivity contribution in [3.05, 3.63) is 99.6 Å². The summed E-state index contributed by atoms with van der Waals surface area (Å²) in [5.41, 5.74) is 3.37. The number of hydrogen-bond donors (Lipinski definition) is 1. The van der Waals surface area contributed by atoms with E-state index in [4.69, 9.17) is 16.3 Å². The number of nitrogens with one attached hydrogen (secondary N) is 1. The normalized spacial score (nSPS) is 15.1. The van der Waals surface area contributed by atoms with Gasteiger partial charge in [-0.15, -0.1) is 0 Å². The molecule has 1 saturated heterocycles. The van der Waals surface area contributed by atoms with E-state index in [1.807, 2.05) is 31.2 Å². The van der Waals surface area contributed by atoms with Crippen molar-refractivity contribution >= 4 is 41.2 Å². The zero-order valence-corrected chi connectivity index (χ0v) is 18.8. The molecule has 0 atom stereocenters. The number of amides is 4. The maximum atomic E-state index is 13.2. The fourth-order valence-corrected chi connectivity index (χ4v) is 3.62. The third-order valence-corrected chi connectivity index (χ3v) is 5.72. The lowest BCUT2D eigenvalue weighted by molar-refractivity contribution is -0.122. The number of para-hydroxylation sites is 1. The number of hydrogen-bond acceptors (Lipinski definition) is 4. The smallest absolute Gasteiger partial charge is 0.335 e. The average Bonchev–Trinajstić information content (AvgIpc) is 2.79. The molecule has 3 aromatic rings. The van der Waals surface area contributed by atoms with Crippen LogP contribution in [0.25, 0.3) is 6.08 Å². The first-order valence-corrected chi connectivity index (χ1v) is 10.7. The number of anilines is 1. The van der Waals surface area contributed by atoms with E-state index < -0.39 is 17.8 Å². The van der Waals surface area contributed by atoms with Gasteiger partial charge in [-0.05, 0) is 49.2 Å². The Labute approximate surface area is 196 Å². The molecule has 1 aliphatic heterocycles. The predicted octanol–water partition coefficient (Wildman–Crippen LogP) is 5.20. The lowest BCUT2D eigenvalue weighted by atomic mass is 10.0. The molecule has 0 radical (unpaired) electrons. The number of carbonyl (C=O) groups excluding carboxylic acids is 3. The number of imide groups is 2. The summed E-state index contributed by atoms with van der Waals surface area (Å²) in [6.07, 6.45) is 1.43. The van der Waals surface area contributed by atoms with E-state index in [2.05, 4.69) is 5.32 Å². The molecule has 0 unspecified atom stereocenters. The van der Waals surface area contributed by atoms with Gasteiger partial charge in [0, 0.05) is 10.6 Å². The molecular weight excluding hydrogens is 440 g/mol. The van der Waals surface area contributed by atoms with Crippen molar-refractivity contribution in [1.82, 2.24) is 5.32 Å². The van der Waals surface area contributed by atoms with Crippen molar-refractivity contribution in [1.29, 1.82) is 0 Å². The molecule has 0 spiro atoms. The lowest BCUT2D eigenvalue weighted by Gasteiger charge is -2.27. The molecule has 1 fully saturated rings. The quantitative estimate of drug-likeness (QED) is 0.419. The first kappa shape index (κ1) is 22.3. The number of rotatable bonds is 5. The number of nitrogens with zero attached hydrogens (tertiary/aromatic N) is 1. The SMILES string of the molecule is Cc1ccc(COc2ccccc2/C=C2\C(=O)NC(=O)N(c3cccc(Cl)c3C)C2=O)cc1. The standard InChI is InChI=1S/C26H21ClN2O4/c1-16-10-12-18(13-11-16)15-33-23-9-4-3-6-19(23)14-20-24(30)28-26(32)29(25(20)31)22-8-5-7-21(27)17(22)2/h3-14H,15H2,1-2H3,(H,28,30,32)/b20-14+. The Kier molecular flexibility index (Phi) is 6.29. The van der Waals surface area contributed by atoms with Crippen LogP contribution in [0, 0.1) is 13.8 Å². The molecule has 0 bridgehead atoms. The number of halogens is 1. The summed E-state index contributed by atoms with van der Waals surface area (Å²) in [6, 6.07) is 19.1. The topological polar surface area (TPSA) is 75.7 Å². The first-order chi connectivity index (χ1) is 15.8. The molecule has 0 aromatic heterocycles. The second kappa shape index (κ2) is 9.30. The Morgan fingerprint density at radius 1 is 0.939 bits per heavy atom. The Morgan fingerprint density at radius 2 is 1.67 bits per heavy atom. The van der Waals surface area contributed by atoms with E-state index in [0.29, 0.717) is 34.2 Å². The van der Waals surface area contributed by atoms with Gasteiger partial charge in [0.2, 0.25) is 0 Å². The molecule has 4 amide bonds. The van der Waals surface area contributed by atoms with Crippen LogP contribution < -0.4 is 15.0 Å². The van der Waals surface area contributed by atoms with Gasteiger partial charge in [-0.2, -0.15) is 0 Å². The van der Waals surface area contributed by atoms with Crippen LogP contribution in [0.4, 0.5) is 10.5 Å². The Morgan fingerprint density at radius 3 is 2.42 bits per heavy atom. The minimum Gasteiger partial charge on any atom is -0.488 e. The molecule has 3 aromatic carbocycles. The van der Waals surface area contributed by atoms with Crippen molar-refractivity contribution < 1.29 is 19.1 Å². The van der Waals surface area contributed by atoms with Gasteiger partial charge in [-0.25, -0.2) is 9.69 Å². The zero-order chi connectivity index (χ0) is 23.5. The van der Waals surface area contributed by atoms with Crippen LogP contribution in [0.2, 0.25) is 5.02 Å². The maximum Gasteiger partial charge on any atom is 0.335 e. The molecule has 1 heterocycles. The molecule has 0 aliphatic carbocycles. The summed E-state index contributed by atoms with van der Waals surface area (Å²) < 4.78 is 5.96. The highest BCUT2D eigenvalue weighted by molar-refractivity contribution is 6.40. The summed E-state index contributed by atoms with van der Waals surface area (Å²) in [5.74, 6) is -0.995. The lowest BCUT2D eigenvalue weighted by Crippen LogP contribution is -2.54.